The van der Waals surface area contributed by atoms with E-state index in [0.717, 1.165) is 29.7 Å². The zero-order chi connectivity index (χ0) is 16.4. The SMILES string of the molecule is CO[C@H]1C[C@@H](C(=O)NCc2ccc3c(c2)C(=O)NCC3)N(C)C1. The Kier molecular flexibility index (Phi) is 4.63. The number of carbonyl (C=O) groups excluding carboxylic acids is 2. The molecule has 2 amide bonds. The summed E-state index contributed by atoms with van der Waals surface area (Å²) in [4.78, 5) is 26.3. The molecule has 23 heavy (non-hydrogen) atoms. The van der Waals surface area contributed by atoms with E-state index in [4.69, 9.17) is 4.74 Å². The molecule has 0 bridgehead atoms. The van der Waals surface area contributed by atoms with Crippen molar-refractivity contribution in [3.63, 3.8) is 0 Å². The molecule has 1 saturated heterocycles. The van der Waals surface area contributed by atoms with Crippen molar-refractivity contribution in [3.05, 3.63) is 34.9 Å². The number of nitrogens with zero attached hydrogens (tertiary/aromatic N) is 1. The fraction of sp³-hybridized carbons (Fsp3) is 0.529. The molecule has 2 aliphatic rings. The summed E-state index contributed by atoms with van der Waals surface area (Å²) in [5.41, 5.74) is 2.74. The number of methoxy groups -OCH3 is 1. The summed E-state index contributed by atoms with van der Waals surface area (Å²) in [5, 5.41) is 5.82. The van der Waals surface area contributed by atoms with Gasteiger partial charge in [0, 0.05) is 32.3 Å². The van der Waals surface area contributed by atoms with Crippen LogP contribution in [-0.4, -0.2) is 56.1 Å². The van der Waals surface area contributed by atoms with Gasteiger partial charge in [-0.2, -0.15) is 0 Å². The summed E-state index contributed by atoms with van der Waals surface area (Å²) < 4.78 is 5.33. The first kappa shape index (κ1) is 16.0. The third-order valence-corrected chi connectivity index (χ3v) is 4.71. The minimum absolute atomic E-state index is 0.00854. The lowest BCUT2D eigenvalue weighted by atomic mass is 9.98. The molecule has 2 heterocycles. The van der Waals surface area contributed by atoms with Crippen molar-refractivity contribution in [3.8, 4) is 0 Å². The zero-order valence-electron chi connectivity index (χ0n) is 13.6. The molecule has 0 aliphatic carbocycles. The first-order valence-electron chi connectivity index (χ1n) is 7.99. The Morgan fingerprint density at radius 3 is 3.04 bits per heavy atom. The molecule has 0 aromatic heterocycles. The topological polar surface area (TPSA) is 70.7 Å². The summed E-state index contributed by atoms with van der Waals surface area (Å²) in [5.74, 6) is -0.0212. The molecule has 0 radical (unpaired) electrons. The van der Waals surface area contributed by atoms with Crippen molar-refractivity contribution in [2.75, 3.05) is 27.2 Å². The molecule has 1 fully saturated rings. The second-order valence-corrected chi connectivity index (χ2v) is 6.26. The van der Waals surface area contributed by atoms with Crippen LogP contribution in [-0.2, 0) is 22.5 Å². The summed E-state index contributed by atoms with van der Waals surface area (Å²) in [6, 6.07) is 5.69. The number of fused-ring (bicyclic) bond motifs is 1. The number of hydrogen-bond acceptors (Lipinski definition) is 4. The Morgan fingerprint density at radius 1 is 1.48 bits per heavy atom. The number of benzene rings is 1. The predicted molar refractivity (Wildman–Crippen MR) is 86.2 cm³/mol. The third kappa shape index (κ3) is 3.38. The van der Waals surface area contributed by atoms with Gasteiger partial charge < -0.3 is 15.4 Å². The van der Waals surface area contributed by atoms with Gasteiger partial charge in [-0.25, -0.2) is 0 Å². The molecule has 6 nitrogen and oxygen atoms in total. The van der Waals surface area contributed by atoms with E-state index in [1.807, 2.05) is 30.1 Å². The van der Waals surface area contributed by atoms with Crippen LogP contribution < -0.4 is 10.6 Å². The highest BCUT2D eigenvalue weighted by molar-refractivity contribution is 5.96. The molecule has 3 rings (SSSR count). The second kappa shape index (κ2) is 6.68. The van der Waals surface area contributed by atoms with E-state index < -0.39 is 0 Å². The minimum Gasteiger partial charge on any atom is -0.380 e. The first-order chi connectivity index (χ1) is 11.1. The molecule has 0 unspecified atom stereocenters. The molecule has 6 heteroatoms. The van der Waals surface area contributed by atoms with Crippen LogP contribution in [0.2, 0.25) is 0 Å². The number of ether oxygens (including phenoxy) is 1. The van der Waals surface area contributed by atoms with Crippen molar-refractivity contribution < 1.29 is 14.3 Å². The van der Waals surface area contributed by atoms with Gasteiger partial charge in [-0.1, -0.05) is 12.1 Å². The molecule has 1 aromatic rings. The number of likely N-dealkylation sites (tertiary alicyclic amines) is 1. The Hall–Kier alpha value is -1.92. The summed E-state index contributed by atoms with van der Waals surface area (Å²) in [6.45, 7) is 1.89. The van der Waals surface area contributed by atoms with Gasteiger partial charge in [0.1, 0.15) is 0 Å². The molecule has 2 atom stereocenters. The van der Waals surface area contributed by atoms with Crippen molar-refractivity contribution in [1.82, 2.24) is 15.5 Å². The zero-order valence-corrected chi connectivity index (χ0v) is 13.6. The molecule has 124 valence electrons. The Labute approximate surface area is 136 Å². The third-order valence-electron chi connectivity index (χ3n) is 4.71. The van der Waals surface area contributed by atoms with Gasteiger partial charge in [0.05, 0.1) is 12.1 Å². The van der Waals surface area contributed by atoms with Crippen LogP contribution in [0.3, 0.4) is 0 Å². The largest absolute Gasteiger partial charge is 0.380 e. The van der Waals surface area contributed by atoms with Crippen molar-refractivity contribution in [1.29, 1.82) is 0 Å². The lowest BCUT2D eigenvalue weighted by Gasteiger charge is -2.19. The van der Waals surface area contributed by atoms with Gasteiger partial charge in [-0.05, 0) is 37.1 Å². The van der Waals surface area contributed by atoms with Crippen LogP contribution >= 0.6 is 0 Å². The number of rotatable bonds is 4. The van der Waals surface area contributed by atoms with E-state index in [-0.39, 0.29) is 24.0 Å². The van der Waals surface area contributed by atoms with Crippen LogP contribution in [0.1, 0.15) is 27.9 Å². The minimum atomic E-state index is -0.152. The Bertz CT molecular complexity index is 617. The molecule has 1 aromatic carbocycles. The molecule has 2 N–H and O–H groups in total. The van der Waals surface area contributed by atoms with Gasteiger partial charge in [-0.15, -0.1) is 0 Å². The normalized spacial score (nSPS) is 24.2. The van der Waals surface area contributed by atoms with Gasteiger partial charge in [-0.3, -0.25) is 14.5 Å². The van der Waals surface area contributed by atoms with Crippen molar-refractivity contribution in [2.24, 2.45) is 0 Å². The summed E-state index contributed by atoms with van der Waals surface area (Å²) in [7, 11) is 3.61. The number of amides is 2. The molecule has 0 spiro atoms. The van der Waals surface area contributed by atoms with Crippen LogP contribution in [0, 0.1) is 0 Å². The number of nitrogens with one attached hydrogen (secondary N) is 2. The van der Waals surface area contributed by atoms with E-state index in [9.17, 15) is 9.59 Å². The Balaban J connectivity index is 1.61. The maximum Gasteiger partial charge on any atom is 0.251 e. The summed E-state index contributed by atoms with van der Waals surface area (Å²) in [6.07, 6.45) is 1.69. The standard InChI is InChI=1S/C17H23N3O3/c1-20-10-13(23-2)8-15(20)17(22)19-9-11-3-4-12-5-6-18-16(21)14(12)7-11/h3-4,7,13,15H,5-6,8-10H2,1-2H3,(H,18,21)(H,19,22)/t13-,15-/m0/s1. The van der Waals surface area contributed by atoms with Gasteiger partial charge in [0.15, 0.2) is 0 Å². The van der Waals surface area contributed by atoms with E-state index in [1.54, 1.807) is 7.11 Å². The maximum atomic E-state index is 12.4. The van der Waals surface area contributed by atoms with Crippen LogP contribution in [0.25, 0.3) is 0 Å². The van der Waals surface area contributed by atoms with Gasteiger partial charge in [0.2, 0.25) is 5.91 Å². The van der Waals surface area contributed by atoms with Crippen LogP contribution in [0.5, 0.6) is 0 Å². The van der Waals surface area contributed by atoms with Gasteiger partial charge >= 0.3 is 0 Å². The first-order valence-corrected chi connectivity index (χ1v) is 7.99. The fourth-order valence-corrected chi connectivity index (χ4v) is 3.31. The smallest absolute Gasteiger partial charge is 0.251 e. The van der Waals surface area contributed by atoms with Crippen LogP contribution in [0.4, 0.5) is 0 Å². The lowest BCUT2D eigenvalue weighted by molar-refractivity contribution is -0.125. The highest BCUT2D eigenvalue weighted by Crippen LogP contribution is 2.19. The van der Waals surface area contributed by atoms with Crippen molar-refractivity contribution in [2.45, 2.75) is 31.5 Å². The van der Waals surface area contributed by atoms with E-state index in [1.165, 1.54) is 0 Å². The maximum absolute atomic E-state index is 12.4. The van der Waals surface area contributed by atoms with E-state index in [2.05, 4.69) is 10.6 Å². The number of carbonyl (C=O) groups is 2. The average Bonchev–Trinajstić information content (AvgIpc) is 2.94. The van der Waals surface area contributed by atoms with Crippen molar-refractivity contribution >= 4 is 11.8 Å². The molecular weight excluding hydrogens is 294 g/mol. The molecule has 0 saturated carbocycles. The Morgan fingerprint density at radius 2 is 2.30 bits per heavy atom. The highest BCUT2D eigenvalue weighted by Gasteiger charge is 2.34. The summed E-state index contributed by atoms with van der Waals surface area (Å²) >= 11 is 0. The quantitative estimate of drug-likeness (QED) is 0.838. The van der Waals surface area contributed by atoms with E-state index in [0.29, 0.717) is 19.5 Å². The van der Waals surface area contributed by atoms with E-state index >= 15 is 0 Å². The second-order valence-electron chi connectivity index (χ2n) is 6.26. The predicted octanol–water partition coefficient (Wildman–Crippen LogP) is 0.308. The monoisotopic (exact) mass is 317 g/mol. The molecular formula is C17H23N3O3. The van der Waals surface area contributed by atoms with Gasteiger partial charge in [0.25, 0.3) is 5.91 Å². The van der Waals surface area contributed by atoms with Crippen LogP contribution in [0.15, 0.2) is 18.2 Å². The lowest BCUT2D eigenvalue weighted by Crippen LogP contribution is -2.41. The number of hydrogen-bond donors (Lipinski definition) is 2. The highest BCUT2D eigenvalue weighted by atomic mass is 16.5. The fourth-order valence-electron chi connectivity index (χ4n) is 3.31. The number of likely N-dealkylation sites (N-methyl/N-ethyl adjacent to an activating group) is 1. The molecule has 2 aliphatic heterocycles. The average molecular weight is 317 g/mol.